The quantitative estimate of drug-likeness (QED) is 0.0655. The van der Waals surface area contributed by atoms with Crippen LogP contribution in [0.5, 0.6) is 0 Å². The van der Waals surface area contributed by atoms with Gasteiger partial charge in [-0.3, -0.25) is 38.8 Å². The topological polar surface area (TPSA) is 237 Å². The molecular formula is C63H82N14O6. The molecule has 4 aromatic rings. The molecule has 2 aliphatic carbocycles. The fourth-order valence-corrected chi connectivity index (χ4v) is 12.8. The lowest BCUT2D eigenvalue weighted by Gasteiger charge is -2.36. The Labute approximate surface area is 487 Å². The highest BCUT2D eigenvalue weighted by molar-refractivity contribution is 5.96. The van der Waals surface area contributed by atoms with E-state index in [-0.39, 0.29) is 72.7 Å². The molecule has 2 unspecified atom stereocenters. The molecule has 10 rings (SSSR count). The number of likely N-dealkylation sites (N-methyl/N-ethyl adjacent to an activating group) is 2. The normalized spacial score (nSPS) is 23.3. The van der Waals surface area contributed by atoms with Crippen LogP contribution in [-0.2, 0) is 28.8 Å². The minimum Gasteiger partial charge on any atom is -0.343 e. The van der Waals surface area contributed by atoms with E-state index in [4.69, 9.17) is 10.2 Å². The third-order valence-electron chi connectivity index (χ3n) is 17.8. The number of benzene rings is 4. The zero-order chi connectivity index (χ0) is 59.1. The standard InChI is InChI=1S/C63H82N14O6/c1-36(64-9)56(78)68-54(62(3,4)5)60(82)74-34-40(30-50(74)58(80)66-52-46-26-15-11-22-42(46)43-23-12-16-27-47(43)52)76-32-38(70-72-76)20-19-21-39-33-77(73-71-39)41-31-51(75(35-41)61(83)55(63(6,7)8)69-57(79)37(2)65-10)59(81)67-53-48-28-17-13-24-44(48)45-25-14-18-29-49(45)53/h11-18,22-29,36-41,50-55,64-65H,19-21,30-35H2,1-10H3,(H,66,80)(H,67,81)(H,68,78)(H,69,79)/t36-,37-,38?,39?,40-,41-,50-,51-,54+,55+/m0/s1. The number of carbonyl (C=O) groups excluding carboxylic acids is 6. The summed E-state index contributed by atoms with van der Waals surface area (Å²) in [6.07, 6.45) is 2.87. The molecular weight excluding hydrogens is 1050 g/mol. The lowest BCUT2D eigenvalue weighted by molar-refractivity contribution is -0.144. The summed E-state index contributed by atoms with van der Waals surface area (Å²) in [5.74, 6) is -1.83. The molecule has 0 radical (unpaired) electrons. The predicted molar refractivity (Wildman–Crippen MR) is 316 cm³/mol. The predicted octanol–water partition coefficient (Wildman–Crippen LogP) is 6.25. The molecule has 440 valence electrons. The van der Waals surface area contributed by atoms with Crippen LogP contribution in [0, 0.1) is 10.8 Å². The van der Waals surface area contributed by atoms with Gasteiger partial charge < -0.3 is 41.7 Å². The van der Waals surface area contributed by atoms with Crippen LogP contribution < -0.4 is 31.9 Å². The highest BCUT2D eigenvalue weighted by atomic mass is 16.2. The second-order valence-electron chi connectivity index (χ2n) is 25.6. The van der Waals surface area contributed by atoms with E-state index in [0.717, 1.165) is 63.8 Å². The number of fused-ring (bicyclic) bond motifs is 6. The molecule has 4 aliphatic heterocycles. The first-order chi connectivity index (χ1) is 39.6. The van der Waals surface area contributed by atoms with E-state index in [1.807, 2.05) is 124 Å². The molecule has 20 nitrogen and oxygen atoms in total. The zero-order valence-corrected chi connectivity index (χ0v) is 49.6. The molecule has 0 aromatic heterocycles. The van der Waals surface area contributed by atoms with Crippen molar-refractivity contribution in [2.24, 2.45) is 31.5 Å². The van der Waals surface area contributed by atoms with Gasteiger partial charge in [0, 0.05) is 25.9 Å². The van der Waals surface area contributed by atoms with Gasteiger partial charge in [-0.1, -0.05) is 149 Å². The molecule has 83 heavy (non-hydrogen) atoms. The maximum Gasteiger partial charge on any atom is 0.246 e. The second kappa shape index (κ2) is 24.0. The third-order valence-corrected chi connectivity index (χ3v) is 17.8. The highest BCUT2D eigenvalue weighted by Crippen LogP contribution is 2.45. The van der Waals surface area contributed by atoms with Crippen LogP contribution in [0.1, 0.15) is 122 Å². The fourth-order valence-electron chi connectivity index (χ4n) is 12.8. The molecule has 6 aliphatic rings. The minimum atomic E-state index is -0.910. The van der Waals surface area contributed by atoms with Gasteiger partial charge in [-0.05, 0) is 103 Å². The molecule has 6 N–H and O–H groups in total. The van der Waals surface area contributed by atoms with Crippen molar-refractivity contribution in [2.75, 3.05) is 40.3 Å². The molecule has 0 spiro atoms. The van der Waals surface area contributed by atoms with Crippen molar-refractivity contribution in [1.29, 1.82) is 0 Å². The third kappa shape index (κ3) is 12.0. The van der Waals surface area contributed by atoms with Gasteiger partial charge in [-0.2, -0.15) is 10.2 Å². The maximum absolute atomic E-state index is 14.9. The summed E-state index contributed by atoms with van der Waals surface area (Å²) in [6, 6.07) is 26.0. The molecule has 4 aromatic carbocycles. The largest absolute Gasteiger partial charge is 0.343 e. The van der Waals surface area contributed by atoms with E-state index in [1.165, 1.54) is 0 Å². The SMILES string of the molecule is CN[C@@H](C)C(=O)N[C@H](C(=O)N1C[C@@H](N2CC(CCCC3CN([C@H]4C[C@@H](C(=O)NC5c6ccccc6-c6ccccc65)N(C(=O)[C@@H](NC(=O)[C@H](C)NC)C(C)(C)C)C4)N=N3)N=N2)C[C@H]1C(=O)NC1c2ccccc2-c2ccccc21)C(C)(C)C. The number of hydrogen-bond acceptors (Lipinski definition) is 14. The Morgan fingerprint density at radius 3 is 1.14 bits per heavy atom. The summed E-state index contributed by atoms with van der Waals surface area (Å²) >= 11 is 0. The Morgan fingerprint density at radius 1 is 0.506 bits per heavy atom. The Hall–Kier alpha value is -7.58. The van der Waals surface area contributed by atoms with Crippen LogP contribution in [0.4, 0.5) is 0 Å². The highest BCUT2D eigenvalue weighted by Gasteiger charge is 2.50. The van der Waals surface area contributed by atoms with Gasteiger partial charge >= 0.3 is 0 Å². The van der Waals surface area contributed by atoms with Crippen molar-refractivity contribution < 1.29 is 28.8 Å². The van der Waals surface area contributed by atoms with Crippen LogP contribution in [0.3, 0.4) is 0 Å². The van der Waals surface area contributed by atoms with Gasteiger partial charge in [0.25, 0.3) is 0 Å². The molecule has 20 heteroatoms. The number of amides is 6. The Kier molecular flexibility index (Phi) is 16.9. The van der Waals surface area contributed by atoms with Crippen LogP contribution >= 0.6 is 0 Å². The lowest BCUT2D eigenvalue weighted by Crippen LogP contribution is -2.59. The van der Waals surface area contributed by atoms with E-state index in [9.17, 15) is 28.8 Å². The maximum atomic E-state index is 14.9. The van der Waals surface area contributed by atoms with Gasteiger partial charge in [0.15, 0.2) is 0 Å². The number of hydrogen-bond donors (Lipinski definition) is 6. The van der Waals surface area contributed by atoms with E-state index in [1.54, 1.807) is 37.7 Å². The lowest BCUT2D eigenvalue weighted by atomic mass is 9.85. The summed E-state index contributed by atoms with van der Waals surface area (Å²) in [7, 11) is 3.39. The molecule has 2 saturated heterocycles. The van der Waals surface area contributed by atoms with E-state index in [0.29, 0.717) is 25.9 Å². The smallest absolute Gasteiger partial charge is 0.246 e. The summed E-state index contributed by atoms with van der Waals surface area (Å²) in [6.45, 7) is 16.4. The summed E-state index contributed by atoms with van der Waals surface area (Å²) in [4.78, 5) is 89.4. The molecule has 4 heterocycles. The summed E-state index contributed by atoms with van der Waals surface area (Å²) in [5.41, 5.74) is 6.88. The Morgan fingerprint density at radius 2 is 0.831 bits per heavy atom. The number of carbonyl (C=O) groups is 6. The average Bonchev–Trinajstić information content (AvgIpc) is 3.38. The minimum absolute atomic E-state index is 0.127. The van der Waals surface area contributed by atoms with E-state index < -0.39 is 59.2 Å². The Balaban J connectivity index is 0.791. The zero-order valence-electron chi connectivity index (χ0n) is 49.6. The summed E-state index contributed by atoms with van der Waals surface area (Å²) in [5, 5.41) is 41.2. The fraction of sp³-hybridized carbons (Fsp3) is 0.524. The number of nitrogens with zero attached hydrogens (tertiary/aromatic N) is 8. The molecule has 0 saturated carbocycles. The molecule has 6 amide bonds. The number of nitrogens with one attached hydrogen (secondary N) is 6. The molecule has 10 atom stereocenters. The van der Waals surface area contributed by atoms with Crippen LogP contribution in [0.15, 0.2) is 118 Å². The van der Waals surface area contributed by atoms with Gasteiger partial charge in [0.2, 0.25) is 35.4 Å². The van der Waals surface area contributed by atoms with Crippen molar-refractivity contribution in [1.82, 2.24) is 51.7 Å². The number of likely N-dealkylation sites (tertiary alicyclic amines) is 2. The van der Waals surface area contributed by atoms with E-state index in [2.05, 4.69) is 66.6 Å². The average molecular weight is 1130 g/mol. The Bertz CT molecular complexity index is 2870. The second-order valence-corrected chi connectivity index (χ2v) is 25.6. The summed E-state index contributed by atoms with van der Waals surface area (Å²) < 4.78 is 0. The first-order valence-electron chi connectivity index (χ1n) is 29.5. The van der Waals surface area contributed by atoms with Crippen molar-refractivity contribution in [3.63, 3.8) is 0 Å². The van der Waals surface area contributed by atoms with Gasteiger partial charge in [-0.15, -0.1) is 0 Å². The van der Waals surface area contributed by atoms with E-state index >= 15 is 0 Å². The van der Waals surface area contributed by atoms with Crippen molar-refractivity contribution >= 4 is 35.4 Å². The van der Waals surface area contributed by atoms with Gasteiger partial charge in [-0.25, -0.2) is 0 Å². The molecule has 0 bridgehead atoms. The van der Waals surface area contributed by atoms with Crippen molar-refractivity contribution in [2.45, 2.75) is 160 Å². The number of rotatable bonds is 18. The van der Waals surface area contributed by atoms with Gasteiger partial charge in [0.1, 0.15) is 24.2 Å². The van der Waals surface area contributed by atoms with Crippen molar-refractivity contribution in [3.8, 4) is 22.3 Å². The first-order valence-corrected chi connectivity index (χ1v) is 29.5. The first kappa shape index (κ1) is 58.6. The van der Waals surface area contributed by atoms with Gasteiger partial charge in [0.05, 0.1) is 61.4 Å². The van der Waals surface area contributed by atoms with Crippen LogP contribution in [0.2, 0.25) is 0 Å². The molecule has 2 fully saturated rings. The monoisotopic (exact) mass is 1130 g/mol. The van der Waals surface area contributed by atoms with Crippen LogP contribution in [-0.4, -0.2) is 156 Å². The van der Waals surface area contributed by atoms with Crippen LogP contribution in [0.25, 0.3) is 22.3 Å². The van der Waals surface area contributed by atoms with Crippen molar-refractivity contribution in [3.05, 3.63) is 119 Å².